The van der Waals surface area contributed by atoms with Crippen molar-refractivity contribution in [1.82, 2.24) is 0 Å². The number of hydrogen-bond donors (Lipinski definition) is 0. The lowest BCUT2D eigenvalue weighted by Gasteiger charge is -2.24. The van der Waals surface area contributed by atoms with Crippen LogP contribution in [-0.4, -0.2) is 27.6 Å². The van der Waals surface area contributed by atoms with Crippen LogP contribution in [0, 0.1) is 11.8 Å². The molecule has 0 aromatic rings. The highest BCUT2D eigenvalue weighted by Gasteiger charge is 2.21. The Kier molecular flexibility index (Phi) is 4.07. The van der Waals surface area contributed by atoms with Crippen molar-refractivity contribution in [1.29, 1.82) is 0 Å². The number of hydrogen-bond acceptors (Lipinski definition) is 4. The minimum Gasteiger partial charge on any atom is -0.303 e. The molecule has 0 radical (unpaired) electrons. The highest BCUT2D eigenvalue weighted by molar-refractivity contribution is 7.85. The van der Waals surface area contributed by atoms with E-state index in [1.165, 1.54) is 0 Å². The molecule has 0 saturated heterocycles. The summed E-state index contributed by atoms with van der Waals surface area (Å²) in [5.41, 5.74) is 0. The minimum atomic E-state index is -3.31. The Bertz CT molecular complexity index is 275. The summed E-state index contributed by atoms with van der Waals surface area (Å²) in [5, 5.41) is 0. The van der Waals surface area contributed by atoms with Crippen molar-refractivity contribution in [2.24, 2.45) is 11.8 Å². The number of aldehydes is 1. The van der Waals surface area contributed by atoms with Gasteiger partial charge >= 0.3 is 0 Å². The molecule has 0 heterocycles. The van der Waals surface area contributed by atoms with Gasteiger partial charge in [-0.1, -0.05) is 0 Å². The highest BCUT2D eigenvalue weighted by Crippen LogP contribution is 2.27. The second-order valence-electron chi connectivity index (χ2n) is 3.91. The first kappa shape index (κ1) is 11.7. The second kappa shape index (κ2) is 4.89. The third-order valence-electron chi connectivity index (χ3n) is 2.60. The molecule has 14 heavy (non-hydrogen) atoms. The van der Waals surface area contributed by atoms with E-state index < -0.39 is 10.1 Å². The molecule has 1 rings (SSSR count). The lowest BCUT2D eigenvalue weighted by atomic mass is 9.83. The Morgan fingerprint density at radius 3 is 2.29 bits per heavy atom. The molecule has 0 spiro atoms. The maximum Gasteiger partial charge on any atom is 0.264 e. The fourth-order valence-electron chi connectivity index (χ4n) is 1.71. The molecule has 1 fully saturated rings. The van der Waals surface area contributed by atoms with E-state index in [1.807, 2.05) is 0 Å². The van der Waals surface area contributed by atoms with Gasteiger partial charge in [0.05, 0.1) is 12.9 Å². The summed E-state index contributed by atoms with van der Waals surface area (Å²) in [5.74, 6) is 0.463. The van der Waals surface area contributed by atoms with Gasteiger partial charge in [-0.2, -0.15) is 8.42 Å². The Hall–Kier alpha value is -0.420. The molecule has 0 bridgehead atoms. The van der Waals surface area contributed by atoms with Crippen LogP contribution < -0.4 is 0 Å². The van der Waals surface area contributed by atoms with E-state index >= 15 is 0 Å². The molecular weight excluding hydrogens is 204 g/mol. The van der Waals surface area contributed by atoms with E-state index in [2.05, 4.69) is 0 Å². The van der Waals surface area contributed by atoms with E-state index in [-0.39, 0.29) is 12.5 Å². The summed E-state index contributed by atoms with van der Waals surface area (Å²) in [6, 6.07) is 0. The van der Waals surface area contributed by atoms with Crippen LogP contribution in [0.1, 0.15) is 25.7 Å². The van der Waals surface area contributed by atoms with Crippen molar-refractivity contribution in [3.8, 4) is 0 Å². The molecule has 0 atom stereocenters. The van der Waals surface area contributed by atoms with Crippen LogP contribution in [-0.2, 0) is 19.1 Å². The predicted octanol–water partition coefficient (Wildman–Crippen LogP) is 0.968. The summed E-state index contributed by atoms with van der Waals surface area (Å²) in [4.78, 5) is 10.5. The highest BCUT2D eigenvalue weighted by atomic mass is 32.2. The van der Waals surface area contributed by atoms with Crippen molar-refractivity contribution in [3.63, 3.8) is 0 Å². The quantitative estimate of drug-likeness (QED) is 0.523. The lowest BCUT2D eigenvalue weighted by Crippen LogP contribution is -2.20. The molecule has 1 aliphatic rings. The van der Waals surface area contributed by atoms with Crippen LogP contribution in [0.25, 0.3) is 0 Å². The average Bonchev–Trinajstić information content (AvgIpc) is 2.14. The summed E-state index contributed by atoms with van der Waals surface area (Å²) in [6.07, 6.45) is 5.55. The van der Waals surface area contributed by atoms with Gasteiger partial charge < -0.3 is 4.79 Å². The smallest absolute Gasteiger partial charge is 0.264 e. The molecule has 4 nitrogen and oxygen atoms in total. The van der Waals surface area contributed by atoms with Gasteiger partial charge in [0, 0.05) is 5.92 Å². The summed E-state index contributed by atoms with van der Waals surface area (Å²) in [7, 11) is -3.31. The first-order valence-corrected chi connectivity index (χ1v) is 6.62. The van der Waals surface area contributed by atoms with Gasteiger partial charge in [0.2, 0.25) is 0 Å². The summed E-state index contributed by atoms with van der Waals surface area (Å²) in [6.45, 7) is 0.268. The van der Waals surface area contributed by atoms with E-state index in [9.17, 15) is 13.2 Å². The first-order chi connectivity index (χ1) is 6.51. The Labute approximate surface area is 84.8 Å². The SMILES string of the molecule is CS(=O)(=O)OCC1CCC(C=O)CC1. The van der Waals surface area contributed by atoms with Crippen LogP contribution in [0.5, 0.6) is 0 Å². The number of carbonyl (C=O) groups is 1. The zero-order valence-corrected chi connectivity index (χ0v) is 9.13. The average molecular weight is 220 g/mol. The monoisotopic (exact) mass is 220 g/mol. The third kappa shape index (κ3) is 4.19. The van der Waals surface area contributed by atoms with Crippen molar-refractivity contribution in [2.75, 3.05) is 12.9 Å². The molecule has 1 aliphatic carbocycles. The van der Waals surface area contributed by atoms with Crippen LogP contribution in [0.15, 0.2) is 0 Å². The molecule has 1 saturated carbocycles. The zero-order chi connectivity index (χ0) is 10.6. The molecule has 0 aromatic heterocycles. The summed E-state index contributed by atoms with van der Waals surface area (Å²) >= 11 is 0. The zero-order valence-electron chi connectivity index (χ0n) is 8.31. The molecule has 0 amide bonds. The van der Waals surface area contributed by atoms with E-state index in [4.69, 9.17) is 4.18 Å². The molecule has 5 heteroatoms. The van der Waals surface area contributed by atoms with Crippen molar-refractivity contribution in [3.05, 3.63) is 0 Å². The van der Waals surface area contributed by atoms with Gasteiger partial charge in [-0.3, -0.25) is 4.18 Å². The van der Waals surface area contributed by atoms with E-state index in [0.29, 0.717) is 5.92 Å². The van der Waals surface area contributed by atoms with E-state index in [0.717, 1.165) is 38.2 Å². The first-order valence-electron chi connectivity index (χ1n) is 4.81. The van der Waals surface area contributed by atoms with Crippen LogP contribution in [0.4, 0.5) is 0 Å². The second-order valence-corrected chi connectivity index (χ2v) is 5.55. The fourth-order valence-corrected chi connectivity index (χ4v) is 2.15. The molecule has 0 aromatic carbocycles. The Balaban J connectivity index is 2.26. The maximum absolute atomic E-state index is 10.7. The normalized spacial score (nSPS) is 28.6. The predicted molar refractivity (Wildman–Crippen MR) is 52.3 cm³/mol. The van der Waals surface area contributed by atoms with Crippen LogP contribution in [0.3, 0.4) is 0 Å². The molecule has 0 N–H and O–H groups in total. The van der Waals surface area contributed by atoms with Gasteiger partial charge in [0.1, 0.15) is 6.29 Å². The van der Waals surface area contributed by atoms with Gasteiger partial charge in [0.15, 0.2) is 0 Å². The standard InChI is InChI=1S/C9H16O4S/c1-14(11,12)13-7-9-4-2-8(6-10)3-5-9/h6,8-9H,2-5,7H2,1H3. The maximum atomic E-state index is 10.7. The van der Waals surface area contributed by atoms with E-state index in [1.54, 1.807) is 0 Å². The van der Waals surface area contributed by atoms with Crippen molar-refractivity contribution < 1.29 is 17.4 Å². The number of rotatable bonds is 4. The van der Waals surface area contributed by atoms with Gasteiger partial charge in [0.25, 0.3) is 10.1 Å². The Morgan fingerprint density at radius 1 is 1.29 bits per heavy atom. The summed E-state index contributed by atoms with van der Waals surface area (Å²) < 4.78 is 26.2. The molecule has 82 valence electrons. The van der Waals surface area contributed by atoms with Crippen molar-refractivity contribution in [2.45, 2.75) is 25.7 Å². The fraction of sp³-hybridized carbons (Fsp3) is 0.889. The topological polar surface area (TPSA) is 60.4 Å². The Morgan fingerprint density at radius 2 is 1.86 bits per heavy atom. The third-order valence-corrected chi connectivity index (χ3v) is 3.17. The van der Waals surface area contributed by atoms with Gasteiger partial charge in [-0.15, -0.1) is 0 Å². The molecule has 0 aliphatic heterocycles. The van der Waals surface area contributed by atoms with Crippen molar-refractivity contribution >= 4 is 16.4 Å². The lowest BCUT2D eigenvalue weighted by molar-refractivity contribution is -0.112. The molecular formula is C9H16O4S. The van der Waals surface area contributed by atoms with Crippen LogP contribution >= 0.6 is 0 Å². The van der Waals surface area contributed by atoms with Crippen LogP contribution in [0.2, 0.25) is 0 Å². The van der Waals surface area contributed by atoms with Gasteiger partial charge in [-0.25, -0.2) is 0 Å². The molecule has 0 unspecified atom stereocenters. The minimum absolute atomic E-state index is 0.171. The number of carbonyl (C=O) groups excluding carboxylic acids is 1. The van der Waals surface area contributed by atoms with Gasteiger partial charge in [-0.05, 0) is 31.6 Å². The largest absolute Gasteiger partial charge is 0.303 e.